The highest BCUT2D eigenvalue weighted by atomic mass is 16.7. The Labute approximate surface area is 130 Å². The number of nitrogens with zero attached hydrogens (tertiary/aromatic N) is 2. The topological polar surface area (TPSA) is 57.4 Å². The van der Waals surface area contributed by atoms with E-state index in [2.05, 4.69) is 10.2 Å². The zero-order valence-corrected chi connectivity index (χ0v) is 13.2. The first kappa shape index (κ1) is 15.0. The van der Waals surface area contributed by atoms with E-state index in [-0.39, 0.29) is 11.2 Å². The van der Waals surface area contributed by atoms with Gasteiger partial charge in [0.25, 0.3) is 0 Å². The number of rotatable bonds is 3. The molecule has 0 amide bonds. The highest BCUT2D eigenvalue weighted by molar-refractivity contribution is 6.52. The van der Waals surface area contributed by atoms with Crippen LogP contribution in [-0.2, 0) is 9.31 Å². The average molecular weight is 298 g/mol. The van der Waals surface area contributed by atoms with Gasteiger partial charge in [-0.1, -0.05) is 18.2 Å². The maximum Gasteiger partial charge on any atom is 0.487 e. The molecule has 0 spiro atoms. The molecule has 114 valence electrons. The molecule has 5 nitrogen and oxygen atoms in total. The van der Waals surface area contributed by atoms with Crippen molar-refractivity contribution in [2.75, 3.05) is 0 Å². The molecule has 0 atom stereocenters. The van der Waals surface area contributed by atoms with Crippen molar-refractivity contribution in [1.29, 1.82) is 0 Å². The number of aromatic nitrogens is 2. The van der Waals surface area contributed by atoms with Crippen LogP contribution >= 0.6 is 0 Å². The highest BCUT2D eigenvalue weighted by Gasteiger charge is 2.50. The van der Waals surface area contributed by atoms with Gasteiger partial charge in [0.1, 0.15) is 0 Å². The van der Waals surface area contributed by atoms with Crippen molar-refractivity contribution >= 4 is 13.2 Å². The number of benzene rings is 1. The molecule has 0 bridgehead atoms. The molecule has 1 aromatic carbocycles. The van der Waals surface area contributed by atoms with E-state index in [1.165, 1.54) is 0 Å². The Bertz CT molecular complexity index is 664. The van der Waals surface area contributed by atoms with Crippen molar-refractivity contribution in [2.24, 2.45) is 0 Å². The van der Waals surface area contributed by atoms with Crippen molar-refractivity contribution in [3.8, 4) is 11.5 Å². The Morgan fingerprint density at radius 2 is 1.59 bits per heavy atom. The third-order valence-electron chi connectivity index (χ3n) is 4.13. The van der Waals surface area contributed by atoms with Crippen LogP contribution in [0.3, 0.4) is 0 Å². The van der Waals surface area contributed by atoms with Gasteiger partial charge in [-0.25, -0.2) is 0 Å². The van der Waals surface area contributed by atoms with Gasteiger partial charge in [-0.3, -0.25) is 0 Å². The van der Waals surface area contributed by atoms with E-state index in [0.717, 1.165) is 5.56 Å². The first-order valence-electron chi connectivity index (χ1n) is 7.30. The van der Waals surface area contributed by atoms with Gasteiger partial charge in [-0.2, -0.15) is 0 Å². The molecule has 22 heavy (non-hydrogen) atoms. The summed E-state index contributed by atoms with van der Waals surface area (Å²) < 4.78 is 17.4. The molecule has 0 radical (unpaired) electrons. The van der Waals surface area contributed by atoms with E-state index in [9.17, 15) is 0 Å². The van der Waals surface area contributed by atoms with Crippen molar-refractivity contribution < 1.29 is 13.7 Å². The molecule has 1 aliphatic rings. The molecule has 0 N–H and O–H groups in total. The molecule has 3 rings (SSSR count). The molecule has 2 aromatic rings. The zero-order valence-electron chi connectivity index (χ0n) is 13.2. The molecular formula is C16H19BN2O3. The minimum Gasteiger partial charge on any atom is -0.417 e. The summed E-state index contributed by atoms with van der Waals surface area (Å²) in [6.07, 6.45) is 1.72. The van der Waals surface area contributed by atoms with E-state index in [1.54, 1.807) is 12.1 Å². The van der Waals surface area contributed by atoms with Gasteiger partial charge >= 0.3 is 7.12 Å². The third-order valence-corrected chi connectivity index (χ3v) is 4.13. The van der Waals surface area contributed by atoms with E-state index in [0.29, 0.717) is 11.8 Å². The first-order chi connectivity index (χ1) is 10.4. The zero-order chi connectivity index (χ0) is 15.8. The van der Waals surface area contributed by atoms with Gasteiger partial charge in [-0.15, -0.1) is 10.2 Å². The number of hydrogen-bond donors (Lipinski definition) is 0. The standard InChI is InChI=1S/C16H19BN2O3/c1-15(2)16(3,4)22-17(21-15)11-10-13-18-19-14(20-13)12-8-6-5-7-9-12/h5-11H,1-4H3/b11-10+. The van der Waals surface area contributed by atoms with Crippen LogP contribution in [0.1, 0.15) is 33.6 Å². The largest absolute Gasteiger partial charge is 0.487 e. The normalized spacial score (nSPS) is 19.9. The van der Waals surface area contributed by atoms with Crippen molar-refractivity contribution in [3.05, 3.63) is 42.2 Å². The lowest BCUT2D eigenvalue weighted by molar-refractivity contribution is 0.00578. The minimum absolute atomic E-state index is 0.355. The predicted molar refractivity (Wildman–Crippen MR) is 84.9 cm³/mol. The van der Waals surface area contributed by atoms with Crippen LogP contribution in [0, 0.1) is 0 Å². The van der Waals surface area contributed by atoms with Gasteiger partial charge < -0.3 is 13.7 Å². The van der Waals surface area contributed by atoms with Crippen LogP contribution in [0.4, 0.5) is 0 Å². The predicted octanol–water partition coefficient (Wildman–Crippen LogP) is 3.38. The van der Waals surface area contributed by atoms with Gasteiger partial charge in [0.05, 0.1) is 11.2 Å². The third kappa shape index (κ3) is 2.84. The Kier molecular flexibility index (Phi) is 3.66. The molecule has 1 aromatic heterocycles. The van der Waals surface area contributed by atoms with Gasteiger partial charge in [0.15, 0.2) is 0 Å². The fourth-order valence-electron chi connectivity index (χ4n) is 2.13. The van der Waals surface area contributed by atoms with Gasteiger partial charge in [0, 0.05) is 5.56 Å². The van der Waals surface area contributed by atoms with Crippen LogP contribution in [0.25, 0.3) is 17.5 Å². The molecule has 2 heterocycles. The Morgan fingerprint density at radius 1 is 0.955 bits per heavy atom. The quantitative estimate of drug-likeness (QED) is 0.813. The van der Waals surface area contributed by atoms with E-state index < -0.39 is 7.12 Å². The van der Waals surface area contributed by atoms with Crippen molar-refractivity contribution in [3.63, 3.8) is 0 Å². The van der Waals surface area contributed by atoms with Crippen LogP contribution in [0.15, 0.2) is 40.7 Å². The summed E-state index contributed by atoms with van der Waals surface area (Å²) >= 11 is 0. The molecule has 1 fully saturated rings. The SMILES string of the molecule is CC1(C)OB(/C=C/c2nnc(-c3ccccc3)o2)OC1(C)C. The number of hydrogen-bond acceptors (Lipinski definition) is 5. The lowest BCUT2D eigenvalue weighted by Gasteiger charge is -2.32. The summed E-state index contributed by atoms with van der Waals surface area (Å²) in [7, 11) is -0.419. The minimum atomic E-state index is -0.419. The molecule has 1 aliphatic heterocycles. The summed E-state index contributed by atoms with van der Waals surface area (Å²) in [6, 6.07) is 9.66. The monoisotopic (exact) mass is 298 g/mol. The van der Waals surface area contributed by atoms with Gasteiger partial charge in [-0.05, 0) is 51.9 Å². The molecule has 0 saturated carbocycles. The van der Waals surface area contributed by atoms with Crippen molar-refractivity contribution in [2.45, 2.75) is 38.9 Å². The Morgan fingerprint density at radius 3 is 2.23 bits per heavy atom. The van der Waals surface area contributed by atoms with E-state index >= 15 is 0 Å². The maximum atomic E-state index is 5.88. The van der Waals surface area contributed by atoms with Crippen LogP contribution in [-0.4, -0.2) is 28.5 Å². The smallest absolute Gasteiger partial charge is 0.417 e. The second kappa shape index (κ2) is 5.37. The van der Waals surface area contributed by atoms with Gasteiger partial charge in [0.2, 0.25) is 11.8 Å². The molecule has 1 saturated heterocycles. The van der Waals surface area contributed by atoms with Crippen LogP contribution in [0.5, 0.6) is 0 Å². The summed E-state index contributed by atoms with van der Waals surface area (Å²) in [4.78, 5) is 0. The molecule has 6 heteroatoms. The molecular weight excluding hydrogens is 279 g/mol. The summed E-state index contributed by atoms with van der Waals surface area (Å²) in [5.41, 5.74) is 0.184. The first-order valence-corrected chi connectivity index (χ1v) is 7.30. The van der Waals surface area contributed by atoms with E-state index in [1.807, 2.05) is 58.0 Å². The lowest BCUT2D eigenvalue weighted by atomic mass is 9.90. The molecule has 0 aliphatic carbocycles. The average Bonchev–Trinajstić information content (AvgIpc) is 3.01. The Balaban J connectivity index is 1.71. The lowest BCUT2D eigenvalue weighted by Crippen LogP contribution is -2.41. The Hall–Kier alpha value is -1.92. The van der Waals surface area contributed by atoms with E-state index in [4.69, 9.17) is 13.7 Å². The van der Waals surface area contributed by atoms with Crippen molar-refractivity contribution in [1.82, 2.24) is 10.2 Å². The maximum absolute atomic E-state index is 5.88. The fourth-order valence-corrected chi connectivity index (χ4v) is 2.13. The second-order valence-electron chi connectivity index (χ2n) is 6.30. The highest BCUT2D eigenvalue weighted by Crippen LogP contribution is 2.37. The summed E-state index contributed by atoms with van der Waals surface area (Å²) in [6.45, 7) is 8.06. The second-order valence-corrected chi connectivity index (χ2v) is 6.30. The molecule has 0 unspecified atom stereocenters. The van der Waals surface area contributed by atoms with Crippen LogP contribution in [0.2, 0.25) is 0 Å². The summed E-state index contributed by atoms with van der Waals surface area (Å²) in [5.74, 6) is 2.71. The van der Waals surface area contributed by atoms with Crippen LogP contribution < -0.4 is 0 Å². The summed E-state index contributed by atoms with van der Waals surface area (Å²) in [5, 5.41) is 8.05. The fraction of sp³-hybridized carbons (Fsp3) is 0.375.